The molecule has 23 heavy (non-hydrogen) atoms. The predicted molar refractivity (Wildman–Crippen MR) is 98.9 cm³/mol. The first-order valence-electron chi connectivity index (χ1n) is 9.42. The van der Waals surface area contributed by atoms with Gasteiger partial charge in [0.2, 0.25) is 0 Å². The Labute approximate surface area is 145 Å². The second-order valence-corrected chi connectivity index (χ2v) is 12.7. The van der Waals surface area contributed by atoms with Crippen molar-refractivity contribution >= 4 is 17.3 Å². The molecular formula is C16H37NO4Si2. The van der Waals surface area contributed by atoms with Crippen LogP contribution in [0.15, 0.2) is 0 Å². The van der Waals surface area contributed by atoms with Gasteiger partial charge in [-0.15, -0.1) is 0 Å². The summed E-state index contributed by atoms with van der Waals surface area (Å²) in [6.45, 7) is 15.5. The minimum atomic E-state index is -2.49. The van der Waals surface area contributed by atoms with Crippen molar-refractivity contribution in [3.63, 3.8) is 0 Å². The largest absolute Gasteiger partial charge is 0.500 e. The van der Waals surface area contributed by atoms with E-state index in [2.05, 4.69) is 18.4 Å². The number of hydrogen-bond acceptors (Lipinski definition) is 5. The molecule has 0 spiro atoms. The Balaban J connectivity index is 2.60. The average molecular weight is 364 g/mol. The summed E-state index contributed by atoms with van der Waals surface area (Å²) >= 11 is 0. The summed E-state index contributed by atoms with van der Waals surface area (Å²) < 4.78 is 26.8. The third-order valence-corrected chi connectivity index (χ3v) is 12.4. The molecule has 1 aliphatic rings. The quantitative estimate of drug-likeness (QED) is 0.467. The molecule has 1 rings (SSSR count). The average Bonchev–Trinajstić information content (AvgIpc) is 2.92. The van der Waals surface area contributed by atoms with Crippen molar-refractivity contribution in [3.8, 4) is 0 Å². The highest BCUT2D eigenvalue weighted by atomic mass is 28.4. The van der Waals surface area contributed by atoms with Crippen molar-refractivity contribution < 1.29 is 17.7 Å². The van der Waals surface area contributed by atoms with Gasteiger partial charge >= 0.3 is 8.80 Å². The van der Waals surface area contributed by atoms with E-state index in [0.717, 1.165) is 25.6 Å². The van der Waals surface area contributed by atoms with E-state index in [4.69, 9.17) is 17.7 Å². The van der Waals surface area contributed by atoms with Gasteiger partial charge in [0.1, 0.15) is 0 Å². The normalized spacial score (nSPS) is 22.8. The second-order valence-electron chi connectivity index (χ2n) is 5.91. The Morgan fingerprint density at radius 1 is 0.913 bits per heavy atom. The van der Waals surface area contributed by atoms with Crippen LogP contribution in [0.2, 0.25) is 18.1 Å². The minimum Gasteiger partial charge on any atom is -0.403 e. The molecule has 0 aliphatic carbocycles. The minimum absolute atomic E-state index is 0.655. The molecule has 1 saturated heterocycles. The molecule has 1 heterocycles. The van der Waals surface area contributed by atoms with Gasteiger partial charge in [0.25, 0.3) is 8.48 Å². The van der Waals surface area contributed by atoms with Gasteiger partial charge in [0.15, 0.2) is 0 Å². The van der Waals surface area contributed by atoms with Crippen LogP contribution in [0, 0.1) is 0 Å². The van der Waals surface area contributed by atoms with Crippen molar-refractivity contribution in [2.24, 2.45) is 0 Å². The number of nitrogens with zero attached hydrogens (tertiary/aromatic N) is 1. The lowest BCUT2D eigenvalue weighted by molar-refractivity contribution is 0.0703. The number of hydrogen-bond donors (Lipinski definition) is 0. The molecule has 0 aromatic rings. The van der Waals surface area contributed by atoms with Gasteiger partial charge in [-0.25, -0.2) is 0 Å². The lowest BCUT2D eigenvalue weighted by Gasteiger charge is -2.35. The Kier molecular flexibility index (Phi) is 10.1. The van der Waals surface area contributed by atoms with Crippen LogP contribution in [0.5, 0.6) is 0 Å². The highest BCUT2D eigenvalue weighted by Crippen LogP contribution is 2.31. The molecule has 0 bridgehead atoms. The zero-order valence-electron chi connectivity index (χ0n) is 15.9. The Hall–Kier alpha value is 0.234. The fourth-order valence-corrected chi connectivity index (χ4v) is 10.3. The smallest absolute Gasteiger partial charge is 0.403 e. The van der Waals surface area contributed by atoms with Gasteiger partial charge < -0.3 is 22.3 Å². The summed E-state index contributed by atoms with van der Waals surface area (Å²) in [5.41, 5.74) is 0. The molecule has 7 heteroatoms. The maximum Gasteiger partial charge on any atom is 0.500 e. The molecule has 138 valence electrons. The summed E-state index contributed by atoms with van der Waals surface area (Å²) in [4.78, 5) is 0. The van der Waals surface area contributed by atoms with Gasteiger partial charge in [0.05, 0.1) is 0 Å². The molecule has 0 aromatic heterocycles. The molecule has 1 aliphatic heterocycles. The SMILES string of the molecule is CCO[Si](CCCN1CCC[Si]1(CC)OCC)(OCC)OCC. The van der Waals surface area contributed by atoms with Gasteiger partial charge in [0, 0.05) is 32.5 Å². The van der Waals surface area contributed by atoms with E-state index < -0.39 is 17.3 Å². The fourth-order valence-electron chi connectivity index (χ4n) is 3.65. The van der Waals surface area contributed by atoms with Gasteiger partial charge in [-0.3, -0.25) is 0 Å². The molecular weight excluding hydrogens is 326 g/mol. The van der Waals surface area contributed by atoms with Crippen molar-refractivity contribution in [2.45, 2.75) is 65.6 Å². The van der Waals surface area contributed by atoms with Crippen LogP contribution >= 0.6 is 0 Å². The summed E-state index contributed by atoms with van der Waals surface area (Å²) in [7, 11) is -4.16. The van der Waals surface area contributed by atoms with Gasteiger partial charge in [-0.1, -0.05) is 6.92 Å². The van der Waals surface area contributed by atoms with E-state index in [1.165, 1.54) is 25.1 Å². The molecule has 0 radical (unpaired) electrons. The van der Waals surface area contributed by atoms with E-state index in [-0.39, 0.29) is 0 Å². The standard InChI is InChI=1S/C16H37NO4Si2/c1-6-18-22(10-5)15-11-13-17(22)14-12-16-23(19-7-2,20-8-3)21-9-4/h6-16H2,1-5H3. The maximum absolute atomic E-state index is 6.26. The molecule has 1 atom stereocenters. The van der Waals surface area contributed by atoms with E-state index in [0.29, 0.717) is 19.8 Å². The second kappa shape index (κ2) is 11.0. The van der Waals surface area contributed by atoms with E-state index >= 15 is 0 Å². The first kappa shape index (κ1) is 21.3. The zero-order valence-corrected chi connectivity index (χ0v) is 17.9. The Bertz CT molecular complexity index is 305. The topological polar surface area (TPSA) is 40.2 Å². The van der Waals surface area contributed by atoms with Crippen LogP contribution in [0.3, 0.4) is 0 Å². The van der Waals surface area contributed by atoms with Crippen molar-refractivity contribution in [1.82, 2.24) is 4.57 Å². The van der Waals surface area contributed by atoms with Crippen LogP contribution in [-0.2, 0) is 17.7 Å². The van der Waals surface area contributed by atoms with Crippen LogP contribution in [-0.4, -0.2) is 61.4 Å². The number of rotatable bonds is 13. The fraction of sp³-hybridized carbons (Fsp3) is 1.00. The van der Waals surface area contributed by atoms with Crippen molar-refractivity contribution in [3.05, 3.63) is 0 Å². The highest BCUT2D eigenvalue weighted by molar-refractivity contribution is 6.71. The third kappa shape index (κ3) is 5.91. The molecule has 0 saturated carbocycles. The first-order chi connectivity index (χ1) is 11.1. The van der Waals surface area contributed by atoms with Gasteiger partial charge in [-0.2, -0.15) is 0 Å². The monoisotopic (exact) mass is 363 g/mol. The lowest BCUT2D eigenvalue weighted by Crippen LogP contribution is -2.52. The van der Waals surface area contributed by atoms with E-state index in [9.17, 15) is 0 Å². The zero-order chi connectivity index (χ0) is 17.2. The molecule has 0 N–H and O–H groups in total. The van der Waals surface area contributed by atoms with E-state index in [1.807, 2.05) is 20.8 Å². The summed E-state index contributed by atoms with van der Waals surface area (Å²) in [5.74, 6) is 0. The third-order valence-electron chi connectivity index (χ3n) is 4.54. The Morgan fingerprint density at radius 2 is 1.52 bits per heavy atom. The highest BCUT2D eigenvalue weighted by Gasteiger charge is 2.45. The lowest BCUT2D eigenvalue weighted by atomic mass is 10.4. The summed E-state index contributed by atoms with van der Waals surface area (Å²) in [5, 5.41) is 0. The van der Waals surface area contributed by atoms with Crippen molar-refractivity contribution in [2.75, 3.05) is 39.5 Å². The molecule has 1 fully saturated rings. The van der Waals surface area contributed by atoms with E-state index in [1.54, 1.807) is 0 Å². The predicted octanol–water partition coefficient (Wildman–Crippen LogP) is 3.63. The Morgan fingerprint density at radius 3 is 2.00 bits per heavy atom. The molecule has 0 amide bonds. The molecule has 1 unspecified atom stereocenters. The van der Waals surface area contributed by atoms with Crippen LogP contribution in [0.4, 0.5) is 0 Å². The van der Waals surface area contributed by atoms with Crippen LogP contribution < -0.4 is 0 Å². The van der Waals surface area contributed by atoms with Gasteiger partial charge in [-0.05, 0) is 65.7 Å². The summed E-state index contributed by atoms with van der Waals surface area (Å²) in [6.07, 6.45) is 2.35. The van der Waals surface area contributed by atoms with Crippen LogP contribution in [0.1, 0.15) is 47.5 Å². The first-order valence-corrected chi connectivity index (χ1v) is 13.6. The molecule has 5 nitrogen and oxygen atoms in total. The maximum atomic E-state index is 6.26. The van der Waals surface area contributed by atoms with Crippen LogP contribution in [0.25, 0.3) is 0 Å². The molecule has 0 aromatic carbocycles. The van der Waals surface area contributed by atoms with Crippen molar-refractivity contribution in [1.29, 1.82) is 0 Å². The summed E-state index contributed by atoms with van der Waals surface area (Å²) in [6, 6.07) is 3.37.